The maximum Gasteiger partial charge on any atom is 0.191 e. The van der Waals surface area contributed by atoms with E-state index in [0.29, 0.717) is 12.1 Å². The van der Waals surface area contributed by atoms with Gasteiger partial charge in [0.25, 0.3) is 0 Å². The third kappa shape index (κ3) is 5.23. The SMILES string of the molecule is CCNC(=NCCCOC1CCOC1)NC1CC1. The van der Waals surface area contributed by atoms with Crippen molar-refractivity contribution in [3.8, 4) is 0 Å². The van der Waals surface area contributed by atoms with Crippen LogP contribution in [0.5, 0.6) is 0 Å². The van der Waals surface area contributed by atoms with E-state index in [2.05, 4.69) is 22.5 Å². The first-order valence-corrected chi connectivity index (χ1v) is 7.12. The second kappa shape index (κ2) is 7.59. The Morgan fingerprint density at radius 1 is 1.39 bits per heavy atom. The summed E-state index contributed by atoms with van der Waals surface area (Å²) in [6, 6.07) is 0.648. The van der Waals surface area contributed by atoms with Crippen molar-refractivity contribution < 1.29 is 9.47 Å². The van der Waals surface area contributed by atoms with Gasteiger partial charge in [0.05, 0.1) is 12.7 Å². The quantitative estimate of drug-likeness (QED) is 0.403. The largest absolute Gasteiger partial charge is 0.379 e. The summed E-state index contributed by atoms with van der Waals surface area (Å²) in [5, 5.41) is 6.67. The van der Waals surface area contributed by atoms with E-state index in [-0.39, 0.29) is 0 Å². The van der Waals surface area contributed by atoms with Gasteiger partial charge in [0.2, 0.25) is 0 Å². The van der Waals surface area contributed by atoms with Crippen LogP contribution >= 0.6 is 0 Å². The standard InChI is InChI=1S/C13H25N3O2/c1-2-14-13(16-11-4-5-11)15-7-3-8-18-12-6-9-17-10-12/h11-12H,2-10H2,1H3,(H2,14,15,16). The highest BCUT2D eigenvalue weighted by atomic mass is 16.5. The first kappa shape index (κ1) is 13.6. The fourth-order valence-corrected chi connectivity index (χ4v) is 1.89. The lowest BCUT2D eigenvalue weighted by Gasteiger charge is -2.11. The first-order chi connectivity index (χ1) is 8.88. The van der Waals surface area contributed by atoms with Gasteiger partial charge in [-0.2, -0.15) is 0 Å². The van der Waals surface area contributed by atoms with Gasteiger partial charge in [-0.1, -0.05) is 0 Å². The molecule has 1 saturated carbocycles. The van der Waals surface area contributed by atoms with Gasteiger partial charge in [-0.3, -0.25) is 4.99 Å². The number of nitrogens with one attached hydrogen (secondary N) is 2. The highest BCUT2D eigenvalue weighted by Gasteiger charge is 2.22. The van der Waals surface area contributed by atoms with Gasteiger partial charge in [-0.15, -0.1) is 0 Å². The van der Waals surface area contributed by atoms with Crippen LogP contribution < -0.4 is 10.6 Å². The molecule has 1 atom stereocenters. The van der Waals surface area contributed by atoms with Crippen LogP contribution in [0.25, 0.3) is 0 Å². The Morgan fingerprint density at radius 3 is 2.94 bits per heavy atom. The fourth-order valence-electron chi connectivity index (χ4n) is 1.89. The summed E-state index contributed by atoms with van der Waals surface area (Å²) in [5.41, 5.74) is 0. The fraction of sp³-hybridized carbons (Fsp3) is 0.923. The molecule has 2 fully saturated rings. The number of hydrogen-bond donors (Lipinski definition) is 2. The van der Waals surface area contributed by atoms with Crippen LogP contribution in [-0.4, -0.2) is 51.0 Å². The smallest absolute Gasteiger partial charge is 0.191 e. The van der Waals surface area contributed by atoms with Crippen LogP contribution in [0, 0.1) is 0 Å². The monoisotopic (exact) mass is 255 g/mol. The van der Waals surface area contributed by atoms with Gasteiger partial charge in [0.15, 0.2) is 5.96 Å². The lowest BCUT2D eigenvalue weighted by molar-refractivity contribution is 0.0424. The van der Waals surface area contributed by atoms with Crippen LogP contribution in [0.4, 0.5) is 0 Å². The Bertz CT molecular complexity index is 261. The van der Waals surface area contributed by atoms with Crippen molar-refractivity contribution in [2.24, 2.45) is 4.99 Å². The zero-order valence-electron chi connectivity index (χ0n) is 11.3. The van der Waals surface area contributed by atoms with E-state index in [9.17, 15) is 0 Å². The zero-order valence-corrected chi connectivity index (χ0v) is 11.3. The van der Waals surface area contributed by atoms with Gasteiger partial charge < -0.3 is 20.1 Å². The van der Waals surface area contributed by atoms with Crippen molar-refractivity contribution in [1.82, 2.24) is 10.6 Å². The molecule has 0 aromatic rings. The Balaban J connectivity index is 1.55. The normalized spacial score (nSPS) is 24.3. The summed E-state index contributed by atoms with van der Waals surface area (Å²) in [5.74, 6) is 0.948. The van der Waals surface area contributed by atoms with Crippen molar-refractivity contribution in [1.29, 1.82) is 0 Å². The molecular formula is C13H25N3O2. The molecule has 104 valence electrons. The third-order valence-electron chi connectivity index (χ3n) is 3.08. The van der Waals surface area contributed by atoms with Crippen LogP contribution in [-0.2, 0) is 9.47 Å². The Labute approximate surface area is 109 Å². The number of nitrogens with zero attached hydrogens (tertiary/aromatic N) is 1. The molecular weight excluding hydrogens is 230 g/mol. The van der Waals surface area contributed by atoms with Crippen molar-refractivity contribution in [2.75, 3.05) is 32.9 Å². The van der Waals surface area contributed by atoms with Crippen LogP contribution in [0.2, 0.25) is 0 Å². The van der Waals surface area contributed by atoms with Crippen LogP contribution in [0.15, 0.2) is 4.99 Å². The Kier molecular flexibility index (Phi) is 5.74. The Hall–Kier alpha value is -0.810. The molecule has 1 heterocycles. The number of aliphatic imine (C=N–C) groups is 1. The van der Waals surface area contributed by atoms with Gasteiger partial charge >= 0.3 is 0 Å². The number of guanidine groups is 1. The topological polar surface area (TPSA) is 54.9 Å². The van der Waals surface area contributed by atoms with Crippen LogP contribution in [0.3, 0.4) is 0 Å². The summed E-state index contributed by atoms with van der Waals surface area (Å²) in [7, 11) is 0. The molecule has 2 rings (SSSR count). The highest BCUT2D eigenvalue weighted by Crippen LogP contribution is 2.18. The predicted molar refractivity (Wildman–Crippen MR) is 71.9 cm³/mol. The average Bonchev–Trinajstić information content (AvgIpc) is 3.03. The lowest BCUT2D eigenvalue weighted by atomic mass is 10.3. The summed E-state index contributed by atoms with van der Waals surface area (Å²) in [4.78, 5) is 4.54. The number of rotatable bonds is 7. The summed E-state index contributed by atoms with van der Waals surface area (Å²) < 4.78 is 11.0. The van der Waals surface area contributed by atoms with E-state index >= 15 is 0 Å². The minimum atomic E-state index is 0.312. The van der Waals surface area contributed by atoms with E-state index in [1.165, 1.54) is 12.8 Å². The summed E-state index contributed by atoms with van der Waals surface area (Å²) in [6.07, 6.45) is 4.86. The maximum atomic E-state index is 5.70. The molecule has 18 heavy (non-hydrogen) atoms. The second-order valence-corrected chi connectivity index (χ2v) is 4.89. The average molecular weight is 255 g/mol. The second-order valence-electron chi connectivity index (χ2n) is 4.89. The molecule has 0 spiro atoms. The molecule has 1 saturated heterocycles. The maximum absolute atomic E-state index is 5.70. The van der Waals surface area contributed by atoms with Crippen molar-refractivity contribution >= 4 is 5.96 Å². The van der Waals surface area contributed by atoms with Gasteiger partial charge in [-0.25, -0.2) is 0 Å². The Morgan fingerprint density at radius 2 is 2.28 bits per heavy atom. The predicted octanol–water partition coefficient (Wildman–Crippen LogP) is 0.900. The van der Waals surface area contributed by atoms with E-state index in [1.807, 2.05) is 0 Å². The van der Waals surface area contributed by atoms with E-state index < -0.39 is 0 Å². The molecule has 1 aliphatic carbocycles. The molecule has 0 aromatic heterocycles. The molecule has 0 amide bonds. The highest BCUT2D eigenvalue weighted by molar-refractivity contribution is 5.80. The third-order valence-corrected chi connectivity index (χ3v) is 3.08. The van der Waals surface area contributed by atoms with Gasteiger partial charge in [0.1, 0.15) is 0 Å². The van der Waals surface area contributed by atoms with Crippen molar-refractivity contribution in [3.63, 3.8) is 0 Å². The molecule has 1 unspecified atom stereocenters. The van der Waals surface area contributed by atoms with Crippen molar-refractivity contribution in [3.05, 3.63) is 0 Å². The van der Waals surface area contributed by atoms with Gasteiger partial charge in [-0.05, 0) is 32.6 Å². The summed E-state index contributed by atoms with van der Waals surface area (Å²) in [6.45, 7) is 6.20. The molecule has 0 radical (unpaired) electrons. The van der Waals surface area contributed by atoms with E-state index in [1.54, 1.807) is 0 Å². The minimum Gasteiger partial charge on any atom is -0.379 e. The molecule has 0 bridgehead atoms. The zero-order chi connectivity index (χ0) is 12.6. The molecule has 5 nitrogen and oxygen atoms in total. The molecule has 0 aromatic carbocycles. The lowest BCUT2D eigenvalue weighted by Crippen LogP contribution is -2.38. The van der Waals surface area contributed by atoms with E-state index in [0.717, 1.165) is 51.7 Å². The van der Waals surface area contributed by atoms with Crippen molar-refractivity contribution in [2.45, 2.75) is 44.8 Å². The number of ether oxygens (including phenoxy) is 2. The van der Waals surface area contributed by atoms with Gasteiger partial charge in [0, 0.05) is 32.3 Å². The minimum absolute atomic E-state index is 0.312. The molecule has 2 aliphatic rings. The number of hydrogen-bond acceptors (Lipinski definition) is 3. The first-order valence-electron chi connectivity index (χ1n) is 7.12. The molecule has 1 aliphatic heterocycles. The van der Waals surface area contributed by atoms with E-state index in [4.69, 9.17) is 9.47 Å². The van der Waals surface area contributed by atoms with Crippen LogP contribution in [0.1, 0.15) is 32.6 Å². The molecule has 5 heteroatoms. The summed E-state index contributed by atoms with van der Waals surface area (Å²) >= 11 is 0. The molecule has 2 N–H and O–H groups in total.